The quantitative estimate of drug-likeness (QED) is 0.309. The van der Waals surface area contributed by atoms with Gasteiger partial charge < -0.3 is 9.16 Å². The van der Waals surface area contributed by atoms with Crippen molar-refractivity contribution in [3.8, 4) is 0 Å². The molecule has 2 rings (SSSR count). The average molecular weight is 428 g/mol. The van der Waals surface area contributed by atoms with Crippen LogP contribution < -0.4 is 11.2 Å². The first kappa shape index (κ1) is 22.8. The number of rotatable bonds is 7. The summed E-state index contributed by atoms with van der Waals surface area (Å²) in [6.45, 7) is 12.9. The summed E-state index contributed by atoms with van der Waals surface area (Å²) in [6, 6.07) is 0. The molecule has 0 bridgehead atoms. The minimum absolute atomic E-state index is 0.0133. The van der Waals surface area contributed by atoms with Crippen LogP contribution in [-0.4, -0.2) is 41.7 Å². The van der Waals surface area contributed by atoms with Crippen molar-refractivity contribution in [2.24, 2.45) is 5.11 Å². The molecule has 1 fully saturated rings. The lowest BCUT2D eigenvalue weighted by molar-refractivity contribution is -0.0214. The summed E-state index contributed by atoms with van der Waals surface area (Å²) in [7, 11) is -1.96. The average Bonchev–Trinajstić information content (AvgIpc) is 2.98. The summed E-state index contributed by atoms with van der Waals surface area (Å²) >= 11 is 1.49. The summed E-state index contributed by atoms with van der Waals surface area (Å²) in [6.07, 6.45) is 1.34. The number of nitrogens with one attached hydrogen (secondary N) is 1. The van der Waals surface area contributed by atoms with Gasteiger partial charge in [-0.15, -0.1) is 11.8 Å². The Morgan fingerprint density at radius 1 is 1.46 bits per heavy atom. The SMILES string of the molecule is Cc1cn([C@H]2CC(SCN=[N+]=[N-])[C@@H](CO[Si](C)(C)C(C)(C)C)O2)c(=O)[nH]c1=O. The topological polar surface area (TPSA) is 122 Å². The number of H-pyrrole nitrogens is 1. The number of nitrogens with zero attached hydrogens (tertiary/aromatic N) is 4. The molecule has 1 aliphatic rings. The monoisotopic (exact) mass is 427 g/mol. The molecular formula is C17H29N5O4SSi. The number of aromatic amines is 1. The highest BCUT2D eigenvalue weighted by Crippen LogP contribution is 2.39. The number of azide groups is 1. The van der Waals surface area contributed by atoms with Crippen LogP contribution in [-0.2, 0) is 9.16 Å². The van der Waals surface area contributed by atoms with Crippen LogP contribution in [0.15, 0.2) is 20.9 Å². The maximum atomic E-state index is 12.2. The number of hydrogen-bond acceptors (Lipinski definition) is 6. The van der Waals surface area contributed by atoms with Gasteiger partial charge in [-0.1, -0.05) is 25.9 Å². The fraction of sp³-hybridized carbons (Fsp3) is 0.765. The van der Waals surface area contributed by atoms with E-state index in [2.05, 4.69) is 48.9 Å². The van der Waals surface area contributed by atoms with E-state index in [0.717, 1.165) is 0 Å². The number of aryl methyl sites for hydroxylation is 1. The van der Waals surface area contributed by atoms with Crippen LogP contribution in [0, 0.1) is 6.92 Å². The molecule has 3 atom stereocenters. The van der Waals surface area contributed by atoms with E-state index in [1.165, 1.54) is 22.5 Å². The Kier molecular flexibility index (Phi) is 7.21. The molecule has 9 nitrogen and oxygen atoms in total. The number of ether oxygens (including phenoxy) is 1. The molecule has 0 aromatic carbocycles. The van der Waals surface area contributed by atoms with Gasteiger partial charge in [0.05, 0.1) is 18.6 Å². The standard InChI is InChI=1S/C17H29N5O4SSi/c1-11-8-22(16(24)20-15(11)23)14-7-13(27-10-19-21-18)12(26-14)9-25-28(5,6)17(2,3)4/h8,12-14H,7,9-10H2,1-6H3,(H,20,23,24)/t12-,13?,14-/m1/s1. The Hall–Kier alpha value is -1.52. The highest BCUT2D eigenvalue weighted by molar-refractivity contribution is 7.99. The molecule has 0 amide bonds. The van der Waals surface area contributed by atoms with Crippen LogP contribution in [0.5, 0.6) is 0 Å². The molecule has 2 heterocycles. The van der Waals surface area contributed by atoms with E-state index in [1.54, 1.807) is 6.92 Å². The van der Waals surface area contributed by atoms with Crippen molar-refractivity contribution in [3.05, 3.63) is 43.0 Å². The molecule has 0 spiro atoms. The van der Waals surface area contributed by atoms with E-state index in [4.69, 9.17) is 14.7 Å². The summed E-state index contributed by atoms with van der Waals surface area (Å²) in [5.74, 6) is 0.285. The lowest BCUT2D eigenvalue weighted by Gasteiger charge is -2.37. The van der Waals surface area contributed by atoms with Gasteiger partial charge in [0, 0.05) is 28.3 Å². The molecule has 1 aromatic heterocycles. The molecule has 0 saturated carbocycles. The molecule has 0 aliphatic carbocycles. The van der Waals surface area contributed by atoms with Crippen molar-refractivity contribution >= 4 is 20.1 Å². The third-order valence-electron chi connectivity index (χ3n) is 5.46. The van der Waals surface area contributed by atoms with Gasteiger partial charge in [-0.3, -0.25) is 14.3 Å². The zero-order chi connectivity index (χ0) is 21.1. The van der Waals surface area contributed by atoms with E-state index < -0.39 is 25.8 Å². The molecular weight excluding hydrogens is 398 g/mol. The van der Waals surface area contributed by atoms with Crippen LogP contribution in [0.4, 0.5) is 0 Å². The Morgan fingerprint density at radius 2 is 2.14 bits per heavy atom. The van der Waals surface area contributed by atoms with Gasteiger partial charge in [-0.2, -0.15) is 0 Å². The Bertz CT molecular complexity index is 856. The highest BCUT2D eigenvalue weighted by Gasteiger charge is 2.41. The van der Waals surface area contributed by atoms with E-state index >= 15 is 0 Å². The van der Waals surface area contributed by atoms with Crippen molar-refractivity contribution < 1.29 is 9.16 Å². The smallest absolute Gasteiger partial charge is 0.330 e. The third-order valence-corrected chi connectivity index (χ3v) is 11.2. The van der Waals surface area contributed by atoms with Gasteiger partial charge in [0.1, 0.15) is 6.23 Å². The molecule has 28 heavy (non-hydrogen) atoms. The van der Waals surface area contributed by atoms with Crippen molar-refractivity contribution in [3.63, 3.8) is 0 Å². The fourth-order valence-corrected chi connectivity index (χ4v) is 4.64. The van der Waals surface area contributed by atoms with Crippen molar-refractivity contribution in [1.82, 2.24) is 9.55 Å². The van der Waals surface area contributed by atoms with Crippen LogP contribution in [0.1, 0.15) is 39.0 Å². The fourth-order valence-electron chi connectivity index (χ4n) is 2.66. The van der Waals surface area contributed by atoms with Gasteiger partial charge >= 0.3 is 5.69 Å². The molecule has 11 heteroatoms. The lowest BCUT2D eigenvalue weighted by atomic mass is 10.2. The maximum Gasteiger partial charge on any atom is 0.330 e. The van der Waals surface area contributed by atoms with Gasteiger partial charge in [0.15, 0.2) is 8.32 Å². The van der Waals surface area contributed by atoms with Crippen LogP contribution in [0.25, 0.3) is 10.4 Å². The summed E-state index contributed by atoms with van der Waals surface area (Å²) in [4.78, 5) is 29.0. The zero-order valence-corrected chi connectivity index (χ0v) is 19.1. The first-order valence-corrected chi connectivity index (χ1v) is 13.2. The summed E-state index contributed by atoms with van der Waals surface area (Å²) < 4.78 is 13.9. The third kappa shape index (κ3) is 5.29. The molecule has 1 N–H and O–H groups in total. The van der Waals surface area contributed by atoms with Crippen molar-refractivity contribution in [1.29, 1.82) is 0 Å². The number of hydrogen-bond donors (Lipinski definition) is 1. The van der Waals surface area contributed by atoms with E-state index in [9.17, 15) is 9.59 Å². The lowest BCUT2D eigenvalue weighted by Crippen LogP contribution is -2.43. The van der Waals surface area contributed by atoms with E-state index in [-0.39, 0.29) is 22.3 Å². The van der Waals surface area contributed by atoms with E-state index in [1.807, 2.05) is 0 Å². The minimum atomic E-state index is -1.96. The Morgan fingerprint density at radius 3 is 2.75 bits per heavy atom. The molecule has 1 aromatic rings. The second kappa shape index (κ2) is 8.87. The summed E-state index contributed by atoms with van der Waals surface area (Å²) in [5, 5.41) is 3.69. The van der Waals surface area contributed by atoms with Gasteiger partial charge in [-0.25, -0.2) is 4.79 Å². The molecule has 1 unspecified atom stereocenters. The number of aromatic nitrogens is 2. The molecule has 1 aliphatic heterocycles. The Balaban J connectivity index is 2.20. The molecule has 0 radical (unpaired) electrons. The largest absolute Gasteiger partial charge is 0.414 e. The highest BCUT2D eigenvalue weighted by atomic mass is 32.2. The van der Waals surface area contributed by atoms with Crippen molar-refractivity contribution in [2.45, 2.75) is 69.8 Å². The number of thioether (sulfide) groups is 1. The minimum Gasteiger partial charge on any atom is -0.414 e. The predicted octanol–water partition coefficient (Wildman–Crippen LogP) is 3.52. The van der Waals surface area contributed by atoms with Gasteiger partial charge in [0.25, 0.3) is 5.56 Å². The molecule has 156 valence electrons. The predicted molar refractivity (Wildman–Crippen MR) is 113 cm³/mol. The Labute approximate surface area is 169 Å². The van der Waals surface area contributed by atoms with Crippen molar-refractivity contribution in [2.75, 3.05) is 12.5 Å². The van der Waals surface area contributed by atoms with Crippen LogP contribution in [0.2, 0.25) is 18.1 Å². The molecule has 1 saturated heterocycles. The first-order valence-electron chi connectivity index (χ1n) is 9.20. The normalized spacial score (nSPS) is 22.9. The van der Waals surface area contributed by atoms with Crippen LogP contribution >= 0.6 is 11.8 Å². The zero-order valence-electron chi connectivity index (χ0n) is 17.3. The van der Waals surface area contributed by atoms with Gasteiger partial charge in [0.2, 0.25) is 0 Å². The van der Waals surface area contributed by atoms with E-state index in [0.29, 0.717) is 18.6 Å². The van der Waals surface area contributed by atoms with Gasteiger partial charge in [-0.05, 0) is 30.6 Å². The second-order valence-electron chi connectivity index (χ2n) is 8.48. The summed E-state index contributed by atoms with van der Waals surface area (Å²) in [5.41, 5.74) is 8.10. The van der Waals surface area contributed by atoms with Crippen LogP contribution in [0.3, 0.4) is 0 Å². The first-order chi connectivity index (χ1) is 13.0. The second-order valence-corrected chi connectivity index (χ2v) is 14.5. The maximum absolute atomic E-state index is 12.2.